The van der Waals surface area contributed by atoms with Crippen molar-refractivity contribution < 1.29 is 86.0 Å². The van der Waals surface area contributed by atoms with Gasteiger partial charge in [0.2, 0.25) is 0 Å². The van der Waals surface area contributed by atoms with Gasteiger partial charge in [-0.05, 0) is 84.9 Å². The predicted octanol–water partition coefficient (Wildman–Crippen LogP) is 7.66. The Hall–Kier alpha value is -9.33. The summed E-state index contributed by atoms with van der Waals surface area (Å²) in [5, 5.41) is 11.9. The fraction of sp³-hybridized carbons (Fsp3) is 0.197. The molecule has 0 unspecified atom stereocenters. The van der Waals surface area contributed by atoms with Crippen LogP contribution in [0.3, 0.4) is 0 Å². The third-order valence-electron chi connectivity index (χ3n) is 12.5. The third kappa shape index (κ3) is 13.8. The molecule has 0 radical (unpaired) electrons. The number of rotatable bonds is 18. The second-order valence-electron chi connectivity index (χ2n) is 17.8. The number of carbonyl (C=O) groups is 7. The fourth-order valence-corrected chi connectivity index (χ4v) is 8.59. The SMILES string of the molecule is O=C(OC[C@H]1O[C@H](O)[C@H](OC(=O)c2ccccc2)[C@@H](OC(=O)c2ccccc2)[C@@H]1O[C@H]1O[C@H](COC(=O)c2ccccc2)[C@@H](OC(=O)c2ccccc2)[C@H](OC(=O)c2ccccc2)[C@H]1OC(=O)c1ccccc1)c1ccccc1. The van der Waals surface area contributed by atoms with E-state index in [2.05, 4.69) is 0 Å². The Kier molecular flexibility index (Phi) is 18.0. The molecule has 0 aliphatic carbocycles. The first kappa shape index (κ1) is 54.5. The van der Waals surface area contributed by atoms with Crippen molar-refractivity contribution in [2.45, 2.75) is 61.4 Å². The van der Waals surface area contributed by atoms with E-state index in [-0.39, 0.29) is 38.9 Å². The van der Waals surface area contributed by atoms with E-state index in [1.165, 1.54) is 84.9 Å². The lowest BCUT2D eigenvalue weighted by Crippen LogP contribution is -2.67. The number of ether oxygens (including phenoxy) is 10. The molecular weight excluding hydrogens is 1020 g/mol. The van der Waals surface area contributed by atoms with Gasteiger partial charge in [0.25, 0.3) is 0 Å². The first-order valence-corrected chi connectivity index (χ1v) is 24.9. The maximum atomic E-state index is 14.5. The van der Waals surface area contributed by atoms with E-state index < -0.39 is 116 Å². The second-order valence-corrected chi connectivity index (χ2v) is 17.8. The molecule has 0 amide bonds. The highest BCUT2D eigenvalue weighted by atomic mass is 16.8. The van der Waals surface area contributed by atoms with Crippen molar-refractivity contribution in [3.05, 3.63) is 251 Å². The standard InChI is InChI=1S/C61H50O18/c62-53(38-22-8-1-9-23-38)70-36-45-48(49(75-56(65)41-28-14-4-15-29-41)51(60(69)72-45)77-58(67)43-32-18-6-19-33-43)79-61-52(78-59(68)44-34-20-7-21-35-44)50(76-57(66)42-30-16-5-17-31-42)47(74-55(64)40-26-12-3-13-27-40)46(73-61)37-71-54(63)39-24-10-2-11-25-39/h1-35,45-52,60-61,69H,36-37H2/t45-,46-,47-,48-,49+,50+,51-,52-,60+,61-/m1/s1. The Balaban J connectivity index is 1.18. The van der Waals surface area contributed by atoms with Crippen LogP contribution in [0.5, 0.6) is 0 Å². The van der Waals surface area contributed by atoms with Crippen LogP contribution in [0.15, 0.2) is 212 Å². The van der Waals surface area contributed by atoms with Gasteiger partial charge in [-0.2, -0.15) is 0 Å². The summed E-state index contributed by atoms with van der Waals surface area (Å²) in [5.74, 6) is -6.72. The smallest absolute Gasteiger partial charge is 0.338 e. The van der Waals surface area contributed by atoms with E-state index in [0.717, 1.165) is 0 Å². The maximum absolute atomic E-state index is 14.5. The van der Waals surface area contributed by atoms with Gasteiger partial charge >= 0.3 is 41.8 Å². The van der Waals surface area contributed by atoms with E-state index in [1.54, 1.807) is 127 Å². The largest absolute Gasteiger partial charge is 0.459 e. The van der Waals surface area contributed by atoms with Crippen molar-refractivity contribution in [3.8, 4) is 0 Å². The molecule has 0 saturated carbocycles. The monoisotopic (exact) mass is 1070 g/mol. The fourth-order valence-electron chi connectivity index (χ4n) is 8.59. The van der Waals surface area contributed by atoms with Gasteiger partial charge in [0.15, 0.2) is 43.1 Å². The highest BCUT2D eigenvalue weighted by Gasteiger charge is 2.58. The van der Waals surface area contributed by atoms with Gasteiger partial charge in [0, 0.05) is 0 Å². The minimum Gasteiger partial charge on any atom is -0.459 e. The molecule has 18 nitrogen and oxygen atoms in total. The average Bonchev–Trinajstić information content (AvgIpc) is 3.51. The zero-order valence-electron chi connectivity index (χ0n) is 41.8. The number of hydrogen-bond acceptors (Lipinski definition) is 18. The summed E-state index contributed by atoms with van der Waals surface area (Å²) in [6, 6.07) is 54.1. The molecule has 2 aliphatic rings. The van der Waals surface area contributed by atoms with Gasteiger partial charge in [-0.1, -0.05) is 127 Å². The van der Waals surface area contributed by atoms with Crippen molar-refractivity contribution in [2.75, 3.05) is 13.2 Å². The van der Waals surface area contributed by atoms with Crippen molar-refractivity contribution in [1.29, 1.82) is 0 Å². The molecule has 2 saturated heterocycles. The maximum Gasteiger partial charge on any atom is 0.338 e. The van der Waals surface area contributed by atoms with Crippen LogP contribution in [0.4, 0.5) is 0 Å². The number of esters is 7. The lowest BCUT2D eigenvalue weighted by molar-refractivity contribution is -0.352. The van der Waals surface area contributed by atoms with Crippen molar-refractivity contribution >= 4 is 41.8 Å². The Bertz CT molecular complexity index is 3170. The highest BCUT2D eigenvalue weighted by Crippen LogP contribution is 2.36. The van der Waals surface area contributed by atoms with Crippen molar-refractivity contribution in [2.24, 2.45) is 0 Å². The van der Waals surface area contributed by atoms with Crippen LogP contribution in [0.1, 0.15) is 72.5 Å². The summed E-state index contributed by atoms with van der Waals surface area (Å²) in [7, 11) is 0. The predicted molar refractivity (Wildman–Crippen MR) is 276 cm³/mol. The number of carbonyl (C=O) groups excluding carboxylic acids is 7. The minimum absolute atomic E-state index is 0.00210. The van der Waals surface area contributed by atoms with Gasteiger partial charge in [0.05, 0.1) is 38.9 Å². The zero-order chi connectivity index (χ0) is 55.1. The van der Waals surface area contributed by atoms with Gasteiger partial charge in [-0.3, -0.25) is 0 Å². The van der Waals surface area contributed by atoms with Crippen molar-refractivity contribution in [1.82, 2.24) is 0 Å². The summed E-state index contributed by atoms with van der Waals surface area (Å²) < 4.78 is 62.0. The van der Waals surface area contributed by atoms with Crippen LogP contribution in [-0.4, -0.2) is 122 Å². The molecule has 0 aromatic heterocycles. The van der Waals surface area contributed by atoms with Crippen LogP contribution < -0.4 is 0 Å². The van der Waals surface area contributed by atoms with Gasteiger partial charge in [-0.25, -0.2) is 33.6 Å². The van der Waals surface area contributed by atoms with Gasteiger partial charge in [-0.15, -0.1) is 0 Å². The Labute approximate surface area is 452 Å². The topological polar surface area (TPSA) is 232 Å². The first-order chi connectivity index (χ1) is 38.5. The molecule has 0 spiro atoms. The van der Waals surface area contributed by atoms with E-state index in [1.807, 2.05) is 0 Å². The molecule has 9 rings (SSSR count). The second kappa shape index (κ2) is 26.1. The van der Waals surface area contributed by atoms with Gasteiger partial charge < -0.3 is 52.5 Å². The van der Waals surface area contributed by atoms with E-state index in [9.17, 15) is 38.7 Å². The molecule has 402 valence electrons. The Morgan fingerprint density at radius 2 is 0.557 bits per heavy atom. The summed E-state index contributed by atoms with van der Waals surface area (Å²) >= 11 is 0. The number of aliphatic hydroxyl groups is 1. The Morgan fingerprint density at radius 1 is 0.304 bits per heavy atom. The van der Waals surface area contributed by atoms with E-state index in [4.69, 9.17) is 47.4 Å². The highest BCUT2D eigenvalue weighted by molar-refractivity contribution is 5.93. The molecule has 18 heteroatoms. The molecule has 7 aromatic rings. The first-order valence-electron chi connectivity index (χ1n) is 24.9. The van der Waals surface area contributed by atoms with Crippen LogP contribution in [0, 0.1) is 0 Å². The minimum atomic E-state index is -2.12. The van der Waals surface area contributed by atoms with Gasteiger partial charge in [0.1, 0.15) is 31.5 Å². The summed E-state index contributed by atoms with van der Waals surface area (Å²) in [4.78, 5) is 98.6. The van der Waals surface area contributed by atoms with E-state index in [0.29, 0.717) is 0 Å². The molecule has 2 heterocycles. The quantitative estimate of drug-likeness (QED) is 0.0642. The lowest BCUT2D eigenvalue weighted by atomic mass is 9.95. The summed E-state index contributed by atoms with van der Waals surface area (Å²) in [6.07, 6.45) is -19.0. The average molecular weight is 1070 g/mol. The molecule has 2 aliphatic heterocycles. The summed E-state index contributed by atoms with van der Waals surface area (Å²) in [5.41, 5.74) is 0.298. The normalized spacial score (nSPS) is 22.4. The lowest BCUT2D eigenvalue weighted by Gasteiger charge is -2.48. The molecular formula is C61H50O18. The van der Waals surface area contributed by atoms with Crippen molar-refractivity contribution in [3.63, 3.8) is 0 Å². The molecule has 79 heavy (non-hydrogen) atoms. The number of aliphatic hydroxyl groups excluding tert-OH is 1. The number of hydrogen-bond donors (Lipinski definition) is 1. The van der Waals surface area contributed by atoms with Crippen LogP contribution in [0.25, 0.3) is 0 Å². The third-order valence-corrected chi connectivity index (χ3v) is 12.5. The van der Waals surface area contributed by atoms with Crippen LogP contribution in [-0.2, 0) is 47.4 Å². The summed E-state index contributed by atoms with van der Waals surface area (Å²) in [6.45, 7) is -1.50. The molecule has 0 bridgehead atoms. The molecule has 10 atom stereocenters. The molecule has 1 N–H and O–H groups in total. The van der Waals surface area contributed by atoms with E-state index >= 15 is 0 Å². The molecule has 7 aromatic carbocycles. The Morgan fingerprint density at radius 3 is 0.886 bits per heavy atom. The molecule has 2 fully saturated rings. The number of benzene rings is 7. The zero-order valence-corrected chi connectivity index (χ0v) is 41.8. The van der Waals surface area contributed by atoms with Crippen LogP contribution >= 0.6 is 0 Å². The van der Waals surface area contributed by atoms with Crippen LogP contribution in [0.2, 0.25) is 0 Å².